The van der Waals surface area contributed by atoms with E-state index in [-0.39, 0.29) is 11.8 Å². The minimum Gasteiger partial charge on any atom is -0.497 e. The zero-order valence-corrected chi connectivity index (χ0v) is 19.7. The Morgan fingerprint density at radius 2 is 1.74 bits per heavy atom. The molecule has 34 heavy (non-hydrogen) atoms. The number of halogens is 1. The van der Waals surface area contributed by atoms with E-state index in [4.69, 9.17) is 26.1 Å². The van der Waals surface area contributed by atoms with Crippen molar-refractivity contribution in [3.63, 3.8) is 0 Å². The molecule has 1 saturated heterocycles. The molecule has 0 saturated carbocycles. The smallest absolute Gasteiger partial charge is 0.227 e. The molecule has 0 radical (unpaired) electrons. The summed E-state index contributed by atoms with van der Waals surface area (Å²) in [4.78, 5) is 19.7. The van der Waals surface area contributed by atoms with Crippen molar-refractivity contribution in [1.82, 2.24) is 9.55 Å². The minimum atomic E-state index is 0.0270. The van der Waals surface area contributed by atoms with Gasteiger partial charge in [-0.05, 0) is 67.1 Å². The van der Waals surface area contributed by atoms with Crippen LogP contribution < -0.4 is 14.4 Å². The van der Waals surface area contributed by atoms with Crippen LogP contribution in [-0.4, -0.2) is 35.7 Å². The number of aryl methyl sites for hydroxylation is 1. The van der Waals surface area contributed by atoms with Crippen LogP contribution in [0.15, 0.2) is 72.8 Å². The van der Waals surface area contributed by atoms with Crippen molar-refractivity contribution in [3.8, 4) is 11.5 Å². The SMILES string of the molecule is COc1ccc(N2CC(c3nc4ccccc4n3CCCOc3ccc(Cl)cc3)CC2=O)cc1. The van der Waals surface area contributed by atoms with Crippen LogP contribution in [0.3, 0.4) is 0 Å². The largest absolute Gasteiger partial charge is 0.497 e. The number of imidazole rings is 1. The molecule has 1 amide bonds. The van der Waals surface area contributed by atoms with Crippen molar-refractivity contribution in [1.29, 1.82) is 0 Å². The third kappa shape index (κ3) is 4.59. The molecule has 0 aliphatic carbocycles. The van der Waals surface area contributed by atoms with Crippen molar-refractivity contribution in [2.45, 2.75) is 25.3 Å². The Bertz CT molecular complexity index is 1280. The van der Waals surface area contributed by atoms with Crippen molar-refractivity contribution in [3.05, 3.63) is 83.6 Å². The minimum absolute atomic E-state index is 0.0270. The van der Waals surface area contributed by atoms with Crippen molar-refractivity contribution < 1.29 is 14.3 Å². The number of nitrogens with zero attached hydrogens (tertiary/aromatic N) is 3. The number of amides is 1. The maximum atomic E-state index is 12.9. The molecule has 1 aromatic heterocycles. The highest BCUT2D eigenvalue weighted by Crippen LogP contribution is 2.34. The van der Waals surface area contributed by atoms with Gasteiger partial charge in [0.25, 0.3) is 0 Å². The van der Waals surface area contributed by atoms with Crippen molar-refractivity contribution in [2.24, 2.45) is 0 Å². The zero-order valence-electron chi connectivity index (χ0n) is 19.0. The average molecular weight is 476 g/mol. The Labute approximate surface area is 203 Å². The zero-order chi connectivity index (χ0) is 23.5. The summed E-state index contributed by atoms with van der Waals surface area (Å²) in [6, 6.07) is 23.1. The second-order valence-corrected chi connectivity index (χ2v) is 8.81. The van der Waals surface area contributed by atoms with Gasteiger partial charge >= 0.3 is 0 Å². The summed E-state index contributed by atoms with van der Waals surface area (Å²) in [5, 5.41) is 0.691. The lowest BCUT2D eigenvalue weighted by Gasteiger charge is -2.18. The van der Waals surface area contributed by atoms with Gasteiger partial charge in [-0.25, -0.2) is 4.98 Å². The van der Waals surface area contributed by atoms with Gasteiger partial charge in [-0.1, -0.05) is 23.7 Å². The van der Waals surface area contributed by atoms with E-state index in [0.717, 1.165) is 47.0 Å². The summed E-state index contributed by atoms with van der Waals surface area (Å²) in [5.74, 6) is 2.67. The van der Waals surface area contributed by atoms with E-state index in [9.17, 15) is 4.79 Å². The highest BCUT2D eigenvalue weighted by molar-refractivity contribution is 6.30. The number of carbonyl (C=O) groups excluding carboxylic acids is 1. The highest BCUT2D eigenvalue weighted by atomic mass is 35.5. The fourth-order valence-corrected chi connectivity index (χ4v) is 4.60. The van der Waals surface area contributed by atoms with Gasteiger partial charge in [0.05, 0.1) is 24.8 Å². The molecule has 174 valence electrons. The number of para-hydroxylation sites is 2. The Morgan fingerprint density at radius 3 is 2.50 bits per heavy atom. The Hall–Kier alpha value is -3.51. The van der Waals surface area contributed by atoms with Crippen LogP contribution in [0.1, 0.15) is 24.6 Å². The van der Waals surface area contributed by atoms with Gasteiger partial charge in [-0.3, -0.25) is 4.79 Å². The van der Waals surface area contributed by atoms with Crippen molar-refractivity contribution in [2.75, 3.05) is 25.2 Å². The van der Waals surface area contributed by atoms with Crippen LogP contribution in [0.5, 0.6) is 11.5 Å². The van der Waals surface area contributed by atoms with Gasteiger partial charge in [0.1, 0.15) is 17.3 Å². The van der Waals surface area contributed by atoms with E-state index in [1.54, 1.807) is 7.11 Å². The van der Waals surface area contributed by atoms with Gasteiger partial charge in [0, 0.05) is 36.1 Å². The predicted molar refractivity (Wildman–Crippen MR) is 134 cm³/mol. The molecule has 0 spiro atoms. The van der Waals surface area contributed by atoms with E-state index in [1.165, 1.54) is 0 Å². The first-order valence-electron chi connectivity index (χ1n) is 11.4. The standard InChI is InChI=1S/C27H26ClN3O3/c1-33-22-13-9-21(10-14-22)31-18-19(17-26(31)32)27-29-24-5-2-3-6-25(24)30(27)15-4-16-34-23-11-7-20(28)8-12-23/h2-3,5-14,19H,4,15-18H2,1H3. The topological polar surface area (TPSA) is 56.6 Å². The van der Waals surface area contributed by atoms with Gasteiger partial charge in [0.2, 0.25) is 5.91 Å². The fraction of sp³-hybridized carbons (Fsp3) is 0.259. The Morgan fingerprint density at radius 1 is 1.00 bits per heavy atom. The number of benzene rings is 3. The lowest BCUT2D eigenvalue weighted by atomic mass is 10.1. The first kappa shape index (κ1) is 22.3. The molecule has 3 aromatic carbocycles. The van der Waals surface area contributed by atoms with Gasteiger partial charge in [0.15, 0.2) is 0 Å². The number of methoxy groups -OCH3 is 1. The Kier molecular flexibility index (Phi) is 6.41. The third-order valence-corrected chi connectivity index (χ3v) is 6.42. The number of carbonyl (C=O) groups is 1. The molecule has 6 nitrogen and oxygen atoms in total. The molecule has 2 heterocycles. The lowest BCUT2D eigenvalue weighted by molar-refractivity contribution is -0.117. The maximum Gasteiger partial charge on any atom is 0.227 e. The van der Waals surface area contributed by atoms with Crippen molar-refractivity contribution >= 4 is 34.2 Å². The number of rotatable bonds is 8. The molecule has 1 aliphatic rings. The first-order chi connectivity index (χ1) is 16.6. The van der Waals surface area contributed by atoms with E-state index < -0.39 is 0 Å². The number of anilines is 1. The summed E-state index contributed by atoms with van der Waals surface area (Å²) in [7, 11) is 1.64. The number of fused-ring (bicyclic) bond motifs is 1. The van der Waals surface area contributed by atoms with E-state index in [1.807, 2.05) is 71.6 Å². The van der Waals surface area contributed by atoms with Crippen LogP contribution in [0.25, 0.3) is 11.0 Å². The molecule has 1 atom stereocenters. The molecular weight excluding hydrogens is 450 g/mol. The summed E-state index contributed by atoms with van der Waals surface area (Å²) in [6.07, 6.45) is 1.26. The molecule has 0 N–H and O–H groups in total. The second kappa shape index (κ2) is 9.77. The summed E-state index contributed by atoms with van der Waals surface area (Å²) >= 11 is 5.95. The fourth-order valence-electron chi connectivity index (χ4n) is 4.48. The van der Waals surface area contributed by atoms with Crippen LogP contribution in [0.4, 0.5) is 5.69 Å². The van der Waals surface area contributed by atoms with E-state index in [0.29, 0.717) is 24.6 Å². The molecule has 7 heteroatoms. The van der Waals surface area contributed by atoms with E-state index in [2.05, 4.69) is 10.6 Å². The van der Waals surface area contributed by atoms with Crippen LogP contribution in [-0.2, 0) is 11.3 Å². The molecule has 1 fully saturated rings. The first-order valence-corrected chi connectivity index (χ1v) is 11.8. The number of hydrogen-bond acceptors (Lipinski definition) is 4. The van der Waals surface area contributed by atoms with E-state index >= 15 is 0 Å². The maximum absolute atomic E-state index is 12.9. The second-order valence-electron chi connectivity index (χ2n) is 8.37. The van der Waals surface area contributed by atoms with Crippen LogP contribution >= 0.6 is 11.6 Å². The summed E-state index contributed by atoms with van der Waals surface area (Å²) in [5.41, 5.74) is 2.91. The predicted octanol–water partition coefficient (Wildman–Crippen LogP) is 5.69. The normalized spacial score (nSPS) is 15.8. The molecule has 4 aromatic rings. The van der Waals surface area contributed by atoms with Gasteiger partial charge in [-0.2, -0.15) is 0 Å². The Balaban J connectivity index is 1.33. The lowest BCUT2D eigenvalue weighted by Crippen LogP contribution is -2.24. The number of hydrogen-bond donors (Lipinski definition) is 0. The van der Waals surface area contributed by atoms with Gasteiger partial charge in [-0.15, -0.1) is 0 Å². The third-order valence-electron chi connectivity index (χ3n) is 6.17. The number of aromatic nitrogens is 2. The highest BCUT2D eigenvalue weighted by Gasteiger charge is 2.34. The quantitative estimate of drug-likeness (QED) is 0.307. The van der Waals surface area contributed by atoms with Crippen LogP contribution in [0.2, 0.25) is 5.02 Å². The molecule has 0 bridgehead atoms. The summed E-state index contributed by atoms with van der Waals surface area (Å²) in [6.45, 7) is 1.95. The average Bonchev–Trinajstić information content (AvgIpc) is 3.43. The molecular formula is C27H26ClN3O3. The van der Waals surface area contributed by atoms with Gasteiger partial charge < -0.3 is 18.9 Å². The number of ether oxygens (including phenoxy) is 2. The monoisotopic (exact) mass is 475 g/mol. The molecule has 1 unspecified atom stereocenters. The molecule has 5 rings (SSSR count). The summed E-state index contributed by atoms with van der Waals surface area (Å²) < 4.78 is 13.4. The van der Waals surface area contributed by atoms with Crippen LogP contribution in [0, 0.1) is 0 Å². The molecule has 1 aliphatic heterocycles.